The lowest BCUT2D eigenvalue weighted by Gasteiger charge is -2.35. The molecule has 1 aliphatic heterocycles. The molecule has 134 valence electrons. The fraction of sp³-hybridized carbons (Fsp3) is 0.444. The van der Waals surface area contributed by atoms with Gasteiger partial charge in [-0.2, -0.15) is 0 Å². The molecular formula is C18H25N5O2. The number of carbonyl (C=O) groups excluding carboxylic acids is 1. The van der Waals surface area contributed by atoms with Crippen LogP contribution in [-0.2, 0) is 9.53 Å². The van der Waals surface area contributed by atoms with Crippen LogP contribution in [0.1, 0.15) is 12.8 Å². The molecule has 0 spiro atoms. The molecule has 7 nitrogen and oxygen atoms in total. The number of carbonyl (C=O) groups is 1. The van der Waals surface area contributed by atoms with Crippen LogP contribution in [0.15, 0.2) is 48.5 Å². The molecular weight excluding hydrogens is 318 g/mol. The molecule has 0 amide bonds. The summed E-state index contributed by atoms with van der Waals surface area (Å²) in [6, 6.07) is 3.38. The van der Waals surface area contributed by atoms with Gasteiger partial charge in [0.15, 0.2) is 5.54 Å². The van der Waals surface area contributed by atoms with E-state index in [0.717, 1.165) is 25.9 Å². The van der Waals surface area contributed by atoms with Crippen LogP contribution in [0.25, 0.3) is 0 Å². The second-order valence-corrected chi connectivity index (χ2v) is 6.70. The van der Waals surface area contributed by atoms with Gasteiger partial charge >= 0.3 is 5.97 Å². The molecule has 3 rings (SSSR count). The summed E-state index contributed by atoms with van der Waals surface area (Å²) in [7, 11) is 0. The minimum Gasteiger partial charge on any atom is -0.464 e. The number of allylic oxidation sites excluding steroid dienone is 1. The van der Waals surface area contributed by atoms with Gasteiger partial charge in [-0.15, -0.1) is 0 Å². The molecule has 2 unspecified atom stereocenters. The Kier molecular flexibility index (Phi) is 5.06. The highest BCUT2D eigenvalue weighted by Gasteiger charge is 2.41. The molecule has 2 heterocycles. The Hall–Kier alpha value is -2.38. The monoisotopic (exact) mass is 343 g/mol. The summed E-state index contributed by atoms with van der Waals surface area (Å²) >= 11 is 0. The number of esters is 1. The molecule has 1 aromatic heterocycles. The van der Waals surface area contributed by atoms with Gasteiger partial charge in [0.1, 0.15) is 0 Å². The molecule has 0 bridgehead atoms. The van der Waals surface area contributed by atoms with E-state index >= 15 is 0 Å². The fourth-order valence-electron chi connectivity index (χ4n) is 3.22. The quantitative estimate of drug-likeness (QED) is 0.671. The summed E-state index contributed by atoms with van der Waals surface area (Å²) in [6.07, 6.45) is 10.3. The molecule has 0 aromatic carbocycles. The number of nitrogens with two attached hydrogens (primary N) is 3. The zero-order valence-electron chi connectivity index (χ0n) is 14.2. The van der Waals surface area contributed by atoms with Crippen molar-refractivity contribution >= 4 is 11.7 Å². The van der Waals surface area contributed by atoms with Gasteiger partial charge < -0.3 is 26.8 Å². The fourth-order valence-corrected chi connectivity index (χ4v) is 3.22. The van der Waals surface area contributed by atoms with Crippen molar-refractivity contribution in [1.29, 1.82) is 0 Å². The van der Waals surface area contributed by atoms with E-state index in [2.05, 4.69) is 9.88 Å². The summed E-state index contributed by atoms with van der Waals surface area (Å²) in [4.78, 5) is 18.8. The van der Waals surface area contributed by atoms with Gasteiger partial charge in [0.25, 0.3) is 0 Å². The van der Waals surface area contributed by atoms with Crippen LogP contribution >= 0.6 is 0 Å². The smallest absolute Gasteiger partial charge is 0.332 e. The SMILES string of the molecule is NC1=CC(N)(C(=O)OCC2CCN(c3ccncc3)CC2)C(N)C=C1. The van der Waals surface area contributed by atoms with Gasteiger partial charge in [-0.25, -0.2) is 4.79 Å². The Morgan fingerprint density at radius 1 is 1.32 bits per heavy atom. The Balaban J connectivity index is 1.50. The number of pyridine rings is 1. The van der Waals surface area contributed by atoms with Crippen LogP contribution in [0.5, 0.6) is 0 Å². The van der Waals surface area contributed by atoms with E-state index in [0.29, 0.717) is 18.2 Å². The van der Waals surface area contributed by atoms with Crippen molar-refractivity contribution in [2.45, 2.75) is 24.4 Å². The zero-order valence-corrected chi connectivity index (χ0v) is 14.2. The number of nitrogens with zero attached hydrogens (tertiary/aromatic N) is 2. The summed E-state index contributed by atoms with van der Waals surface area (Å²) in [6.45, 7) is 2.20. The Morgan fingerprint density at radius 3 is 2.68 bits per heavy atom. The molecule has 1 aromatic rings. The van der Waals surface area contributed by atoms with E-state index < -0.39 is 17.6 Å². The van der Waals surface area contributed by atoms with Crippen molar-refractivity contribution in [3.05, 3.63) is 48.5 Å². The summed E-state index contributed by atoms with van der Waals surface area (Å²) in [5, 5.41) is 0. The van der Waals surface area contributed by atoms with E-state index in [1.54, 1.807) is 24.5 Å². The molecule has 7 heteroatoms. The minimum absolute atomic E-state index is 0.322. The highest BCUT2D eigenvalue weighted by molar-refractivity contribution is 5.85. The third-order valence-electron chi connectivity index (χ3n) is 4.90. The number of hydrogen-bond acceptors (Lipinski definition) is 7. The lowest BCUT2D eigenvalue weighted by molar-refractivity contribution is -0.150. The number of aromatic nitrogens is 1. The summed E-state index contributed by atoms with van der Waals surface area (Å²) in [5.74, 6) is -0.203. The van der Waals surface area contributed by atoms with Crippen molar-refractivity contribution in [3.63, 3.8) is 0 Å². The van der Waals surface area contributed by atoms with Crippen molar-refractivity contribution < 1.29 is 9.53 Å². The van der Waals surface area contributed by atoms with Crippen molar-refractivity contribution in [3.8, 4) is 0 Å². The average molecular weight is 343 g/mol. The van der Waals surface area contributed by atoms with Gasteiger partial charge in [0, 0.05) is 36.9 Å². The van der Waals surface area contributed by atoms with Crippen LogP contribution in [0, 0.1) is 5.92 Å². The van der Waals surface area contributed by atoms with E-state index in [4.69, 9.17) is 21.9 Å². The van der Waals surface area contributed by atoms with Gasteiger partial charge in [0.2, 0.25) is 0 Å². The van der Waals surface area contributed by atoms with Crippen LogP contribution in [-0.4, -0.2) is 42.2 Å². The average Bonchev–Trinajstić information content (AvgIpc) is 2.64. The summed E-state index contributed by atoms with van der Waals surface area (Å²) < 4.78 is 5.48. The molecule has 2 aliphatic rings. The van der Waals surface area contributed by atoms with Crippen molar-refractivity contribution in [2.24, 2.45) is 23.1 Å². The molecule has 1 aliphatic carbocycles. The largest absolute Gasteiger partial charge is 0.464 e. The molecule has 0 radical (unpaired) electrons. The highest BCUT2D eigenvalue weighted by Crippen LogP contribution is 2.24. The Bertz CT molecular complexity index is 667. The van der Waals surface area contributed by atoms with Crippen LogP contribution in [0.3, 0.4) is 0 Å². The van der Waals surface area contributed by atoms with Gasteiger partial charge in [-0.05, 0) is 43.0 Å². The number of ether oxygens (including phenoxy) is 1. The van der Waals surface area contributed by atoms with Crippen molar-refractivity contribution in [2.75, 3.05) is 24.6 Å². The maximum atomic E-state index is 12.4. The van der Waals surface area contributed by atoms with Crippen LogP contribution in [0.4, 0.5) is 5.69 Å². The van der Waals surface area contributed by atoms with Crippen LogP contribution < -0.4 is 22.1 Å². The van der Waals surface area contributed by atoms with Crippen molar-refractivity contribution in [1.82, 2.24) is 4.98 Å². The summed E-state index contributed by atoms with van der Waals surface area (Å²) in [5.41, 5.74) is 18.0. The number of piperidine rings is 1. The first-order chi connectivity index (χ1) is 12.0. The van der Waals surface area contributed by atoms with E-state index in [1.807, 2.05) is 12.1 Å². The standard InChI is InChI=1S/C18H25N5O2/c19-14-1-2-16(20)18(21,11-14)17(24)25-12-13-5-9-23(10-6-13)15-3-7-22-8-4-15/h1-4,7-8,11,13,16H,5-6,9-10,12,19-21H2. The lowest BCUT2D eigenvalue weighted by atomic mass is 9.87. The van der Waals surface area contributed by atoms with Gasteiger partial charge in [0.05, 0.1) is 12.6 Å². The van der Waals surface area contributed by atoms with Crippen LogP contribution in [0.2, 0.25) is 0 Å². The molecule has 1 saturated heterocycles. The predicted molar refractivity (Wildman–Crippen MR) is 96.4 cm³/mol. The first kappa shape index (κ1) is 17.4. The normalized spacial score (nSPS) is 27.0. The third kappa shape index (κ3) is 3.83. The van der Waals surface area contributed by atoms with E-state index in [9.17, 15) is 4.79 Å². The molecule has 2 atom stereocenters. The lowest BCUT2D eigenvalue weighted by Crippen LogP contribution is -2.61. The first-order valence-corrected chi connectivity index (χ1v) is 8.52. The second kappa shape index (κ2) is 7.25. The molecule has 25 heavy (non-hydrogen) atoms. The van der Waals surface area contributed by atoms with E-state index in [-0.39, 0.29) is 0 Å². The second-order valence-electron chi connectivity index (χ2n) is 6.70. The van der Waals surface area contributed by atoms with Gasteiger partial charge in [-0.3, -0.25) is 4.98 Å². The third-order valence-corrected chi connectivity index (χ3v) is 4.90. The molecule has 1 fully saturated rings. The Labute approximate surface area is 147 Å². The number of anilines is 1. The zero-order chi connectivity index (χ0) is 17.9. The maximum absolute atomic E-state index is 12.4. The van der Waals surface area contributed by atoms with Gasteiger partial charge in [-0.1, -0.05) is 6.08 Å². The topological polar surface area (TPSA) is 120 Å². The highest BCUT2D eigenvalue weighted by atomic mass is 16.5. The number of rotatable bonds is 4. The molecule has 6 N–H and O–H groups in total. The predicted octanol–water partition coefficient (Wildman–Crippen LogP) is 0.278. The Morgan fingerprint density at radius 2 is 2.00 bits per heavy atom. The van der Waals surface area contributed by atoms with E-state index in [1.165, 1.54) is 11.8 Å². The minimum atomic E-state index is -1.39. The first-order valence-electron chi connectivity index (χ1n) is 8.52. The maximum Gasteiger partial charge on any atom is 0.332 e. The number of hydrogen-bond donors (Lipinski definition) is 3. The molecule has 0 saturated carbocycles.